The summed E-state index contributed by atoms with van der Waals surface area (Å²) in [6.07, 6.45) is 1.80. The summed E-state index contributed by atoms with van der Waals surface area (Å²) >= 11 is 0. The number of nitrogens with one attached hydrogen (secondary N) is 1. The number of benzene rings is 1. The summed E-state index contributed by atoms with van der Waals surface area (Å²) in [7, 11) is 0. The smallest absolute Gasteiger partial charge is 0.0732 e. The highest BCUT2D eigenvalue weighted by Crippen LogP contribution is 2.20. The molecular weight excluding hydrogens is 162 g/mol. The van der Waals surface area contributed by atoms with Gasteiger partial charge in [0.2, 0.25) is 0 Å². The Morgan fingerprint density at radius 1 is 1.38 bits per heavy atom. The van der Waals surface area contributed by atoms with E-state index in [1.165, 1.54) is 0 Å². The van der Waals surface area contributed by atoms with Crippen LogP contribution in [0.1, 0.15) is 5.56 Å². The van der Waals surface area contributed by atoms with Crippen molar-refractivity contribution in [2.75, 3.05) is 5.43 Å². The lowest BCUT2D eigenvalue weighted by molar-refractivity contribution is 1.32. The van der Waals surface area contributed by atoms with E-state index in [1.54, 1.807) is 6.20 Å². The van der Waals surface area contributed by atoms with Crippen LogP contribution in [-0.4, -0.2) is 4.98 Å². The summed E-state index contributed by atoms with van der Waals surface area (Å²) in [5, 5.41) is 1.11. The van der Waals surface area contributed by atoms with E-state index in [0.29, 0.717) is 0 Å². The number of aromatic nitrogens is 1. The number of anilines is 1. The summed E-state index contributed by atoms with van der Waals surface area (Å²) in [5.74, 6) is 5.34. The Labute approximate surface area is 76.6 Å². The van der Waals surface area contributed by atoms with Crippen molar-refractivity contribution in [2.45, 2.75) is 6.92 Å². The van der Waals surface area contributed by atoms with Crippen molar-refractivity contribution < 1.29 is 0 Å². The minimum atomic E-state index is 0.915. The molecule has 0 fully saturated rings. The predicted molar refractivity (Wildman–Crippen MR) is 54.3 cm³/mol. The molecule has 2 aromatic rings. The van der Waals surface area contributed by atoms with Crippen molar-refractivity contribution in [1.29, 1.82) is 0 Å². The van der Waals surface area contributed by atoms with Crippen molar-refractivity contribution in [3.8, 4) is 0 Å². The van der Waals surface area contributed by atoms with Crippen LogP contribution in [0.5, 0.6) is 0 Å². The third-order valence-corrected chi connectivity index (χ3v) is 2.06. The predicted octanol–water partition coefficient (Wildman–Crippen LogP) is 1.83. The molecule has 0 aliphatic carbocycles. The number of hydrazine groups is 1. The van der Waals surface area contributed by atoms with E-state index < -0.39 is 0 Å². The topological polar surface area (TPSA) is 50.9 Å². The molecule has 0 bridgehead atoms. The Morgan fingerprint density at radius 2 is 2.23 bits per heavy atom. The van der Waals surface area contributed by atoms with E-state index in [9.17, 15) is 0 Å². The van der Waals surface area contributed by atoms with Crippen molar-refractivity contribution in [1.82, 2.24) is 4.98 Å². The van der Waals surface area contributed by atoms with Gasteiger partial charge in [0.15, 0.2) is 0 Å². The van der Waals surface area contributed by atoms with Crippen LogP contribution in [0.3, 0.4) is 0 Å². The molecule has 0 aliphatic rings. The first-order valence-corrected chi connectivity index (χ1v) is 4.13. The number of rotatable bonds is 1. The molecule has 2 rings (SSSR count). The normalized spacial score (nSPS) is 10.3. The molecule has 0 amide bonds. The second-order valence-corrected chi connectivity index (χ2v) is 3.01. The van der Waals surface area contributed by atoms with Crippen molar-refractivity contribution >= 4 is 16.6 Å². The van der Waals surface area contributed by atoms with Crippen LogP contribution in [-0.2, 0) is 0 Å². The fourth-order valence-electron chi connectivity index (χ4n) is 1.46. The lowest BCUT2D eigenvalue weighted by Crippen LogP contribution is -2.06. The molecule has 1 heterocycles. The molecule has 0 unspecified atom stereocenters. The molecule has 0 saturated carbocycles. The number of aryl methyl sites for hydroxylation is 1. The van der Waals surface area contributed by atoms with Crippen LogP contribution in [0.4, 0.5) is 5.69 Å². The standard InChI is InChI=1S/C10H11N3/c1-7-5-9(13-11)6-8-3-2-4-12-10(7)8/h2-6,13H,11H2,1H3. The van der Waals surface area contributed by atoms with E-state index >= 15 is 0 Å². The van der Waals surface area contributed by atoms with Crippen LogP contribution >= 0.6 is 0 Å². The van der Waals surface area contributed by atoms with Crippen LogP contribution < -0.4 is 11.3 Å². The zero-order valence-corrected chi connectivity index (χ0v) is 7.41. The molecule has 13 heavy (non-hydrogen) atoms. The minimum Gasteiger partial charge on any atom is -0.324 e. The summed E-state index contributed by atoms with van der Waals surface area (Å²) in [6.45, 7) is 2.02. The molecule has 3 N–H and O–H groups in total. The number of nitrogens with zero attached hydrogens (tertiary/aromatic N) is 1. The average molecular weight is 173 g/mol. The monoisotopic (exact) mass is 173 g/mol. The number of pyridine rings is 1. The molecule has 1 aromatic heterocycles. The number of nitrogen functional groups attached to an aromatic ring is 1. The fraction of sp³-hybridized carbons (Fsp3) is 0.100. The minimum absolute atomic E-state index is 0.915. The molecule has 0 atom stereocenters. The maximum atomic E-state index is 5.34. The summed E-state index contributed by atoms with van der Waals surface area (Å²) in [5.41, 5.74) is 5.71. The van der Waals surface area contributed by atoms with E-state index in [2.05, 4.69) is 10.4 Å². The number of fused-ring (bicyclic) bond motifs is 1. The van der Waals surface area contributed by atoms with Gasteiger partial charge >= 0.3 is 0 Å². The largest absolute Gasteiger partial charge is 0.324 e. The van der Waals surface area contributed by atoms with E-state index in [0.717, 1.165) is 22.2 Å². The Balaban J connectivity index is 2.77. The van der Waals surface area contributed by atoms with Gasteiger partial charge in [0.1, 0.15) is 0 Å². The zero-order valence-electron chi connectivity index (χ0n) is 7.41. The van der Waals surface area contributed by atoms with Gasteiger partial charge < -0.3 is 5.43 Å². The van der Waals surface area contributed by atoms with Crippen LogP contribution in [0.15, 0.2) is 30.5 Å². The van der Waals surface area contributed by atoms with E-state index in [1.807, 2.05) is 31.2 Å². The molecular formula is C10H11N3. The van der Waals surface area contributed by atoms with Gasteiger partial charge in [-0.05, 0) is 30.7 Å². The fourth-order valence-corrected chi connectivity index (χ4v) is 1.46. The highest BCUT2D eigenvalue weighted by atomic mass is 15.2. The van der Waals surface area contributed by atoms with Gasteiger partial charge in [0.25, 0.3) is 0 Å². The van der Waals surface area contributed by atoms with Crippen LogP contribution in [0, 0.1) is 6.92 Å². The van der Waals surface area contributed by atoms with Crippen LogP contribution in [0.2, 0.25) is 0 Å². The molecule has 0 spiro atoms. The van der Waals surface area contributed by atoms with Crippen LogP contribution in [0.25, 0.3) is 10.9 Å². The second kappa shape index (κ2) is 3.03. The lowest BCUT2D eigenvalue weighted by Gasteiger charge is -2.04. The van der Waals surface area contributed by atoms with Gasteiger partial charge in [-0.1, -0.05) is 6.07 Å². The summed E-state index contributed by atoms with van der Waals surface area (Å²) in [4.78, 5) is 4.29. The Hall–Kier alpha value is -1.61. The third-order valence-electron chi connectivity index (χ3n) is 2.06. The maximum absolute atomic E-state index is 5.34. The zero-order chi connectivity index (χ0) is 9.26. The molecule has 0 radical (unpaired) electrons. The van der Waals surface area contributed by atoms with Gasteiger partial charge in [-0.2, -0.15) is 0 Å². The van der Waals surface area contributed by atoms with Gasteiger partial charge in [0, 0.05) is 17.3 Å². The highest BCUT2D eigenvalue weighted by molar-refractivity contribution is 5.85. The van der Waals surface area contributed by atoms with E-state index in [-0.39, 0.29) is 0 Å². The van der Waals surface area contributed by atoms with Gasteiger partial charge in [0.05, 0.1) is 5.52 Å². The lowest BCUT2D eigenvalue weighted by atomic mass is 10.1. The number of hydrogen-bond donors (Lipinski definition) is 2. The van der Waals surface area contributed by atoms with Crippen molar-refractivity contribution in [3.05, 3.63) is 36.0 Å². The summed E-state index contributed by atoms with van der Waals surface area (Å²) < 4.78 is 0. The molecule has 3 heteroatoms. The number of nitrogens with two attached hydrogens (primary N) is 1. The second-order valence-electron chi connectivity index (χ2n) is 3.01. The molecule has 0 saturated heterocycles. The average Bonchev–Trinajstić information content (AvgIpc) is 2.18. The quantitative estimate of drug-likeness (QED) is 0.511. The Kier molecular flexibility index (Phi) is 1.87. The van der Waals surface area contributed by atoms with Crippen molar-refractivity contribution in [2.24, 2.45) is 5.84 Å². The number of hydrogen-bond acceptors (Lipinski definition) is 3. The van der Waals surface area contributed by atoms with E-state index in [4.69, 9.17) is 5.84 Å². The Bertz CT molecular complexity index is 437. The maximum Gasteiger partial charge on any atom is 0.0732 e. The first-order valence-electron chi connectivity index (χ1n) is 4.13. The first kappa shape index (κ1) is 8.01. The Morgan fingerprint density at radius 3 is 3.00 bits per heavy atom. The third kappa shape index (κ3) is 1.34. The molecule has 1 aromatic carbocycles. The molecule has 66 valence electrons. The first-order chi connectivity index (χ1) is 6.31. The molecule has 3 nitrogen and oxygen atoms in total. The van der Waals surface area contributed by atoms with Gasteiger partial charge in [-0.15, -0.1) is 0 Å². The highest BCUT2D eigenvalue weighted by Gasteiger charge is 1.99. The SMILES string of the molecule is Cc1cc(NN)cc2cccnc12. The molecule has 0 aliphatic heterocycles. The van der Waals surface area contributed by atoms with Gasteiger partial charge in [-0.3, -0.25) is 10.8 Å². The van der Waals surface area contributed by atoms with Crippen molar-refractivity contribution in [3.63, 3.8) is 0 Å². The van der Waals surface area contributed by atoms with Gasteiger partial charge in [-0.25, -0.2) is 0 Å². The summed E-state index contributed by atoms with van der Waals surface area (Å²) in [6, 6.07) is 7.91.